The van der Waals surface area contributed by atoms with Crippen LogP contribution in [0.25, 0.3) is 0 Å². The lowest BCUT2D eigenvalue weighted by Crippen LogP contribution is -2.39. The number of benzene rings is 1. The maximum Gasteiger partial charge on any atom is 0.321 e. The maximum atomic E-state index is 13.8. The molecule has 25 heavy (non-hydrogen) atoms. The number of rotatable bonds is 5. The minimum atomic E-state index is -0.330. The monoisotopic (exact) mass is 349 g/mol. The molecular formula is C19H28FN3O2. The molecule has 6 heteroatoms. The fourth-order valence-electron chi connectivity index (χ4n) is 3.61. The Morgan fingerprint density at radius 2 is 2.16 bits per heavy atom. The number of nitrogens with zero attached hydrogens (tertiary/aromatic N) is 2. The number of carbonyl (C=O) groups is 1. The lowest BCUT2D eigenvalue weighted by molar-refractivity contribution is 0.171. The molecule has 1 N–H and O–H groups in total. The molecule has 5 nitrogen and oxygen atoms in total. The molecule has 1 aromatic rings. The molecular weight excluding hydrogens is 321 g/mol. The van der Waals surface area contributed by atoms with Crippen molar-refractivity contribution in [2.24, 2.45) is 5.92 Å². The van der Waals surface area contributed by atoms with E-state index < -0.39 is 0 Å². The summed E-state index contributed by atoms with van der Waals surface area (Å²) in [5, 5.41) is 2.94. The van der Waals surface area contributed by atoms with Crippen molar-refractivity contribution in [1.82, 2.24) is 4.90 Å². The summed E-state index contributed by atoms with van der Waals surface area (Å²) < 4.78 is 19.2. The zero-order valence-electron chi connectivity index (χ0n) is 15.0. The van der Waals surface area contributed by atoms with Gasteiger partial charge in [-0.05, 0) is 50.8 Å². The van der Waals surface area contributed by atoms with Crippen LogP contribution in [0.5, 0.6) is 0 Å². The first-order valence-electron chi connectivity index (χ1n) is 9.35. The van der Waals surface area contributed by atoms with Gasteiger partial charge in [-0.25, -0.2) is 9.18 Å². The third-order valence-corrected chi connectivity index (χ3v) is 5.07. The van der Waals surface area contributed by atoms with Crippen LogP contribution in [0.4, 0.5) is 20.6 Å². The van der Waals surface area contributed by atoms with Gasteiger partial charge < -0.3 is 19.9 Å². The lowest BCUT2D eigenvalue weighted by Gasteiger charge is -2.31. The SMILES string of the molecule is CCN(C[C@H]1CCOC1)C(=O)Nc1cc(F)ccc1N1CCCCC1. The molecule has 0 unspecified atom stereocenters. The second-order valence-electron chi connectivity index (χ2n) is 6.91. The number of nitrogens with one attached hydrogen (secondary N) is 1. The Bertz CT molecular complexity index is 584. The number of amides is 2. The van der Waals surface area contributed by atoms with Crippen molar-refractivity contribution in [3.05, 3.63) is 24.0 Å². The highest BCUT2D eigenvalue weighted by atomic mass is 19.1. The second kappa shape index (κ2) is 8.52. The minimum absolute atomic E-state index is 0.168. The van der Waals surface area contributed by atoms with Crippen LogP contribution in [0.3, 0.4) is 0 Å². The number of anilines is 2. The number of hydrogen-bond donors (Lipinski definition) is 1. The topological polar surface area (TPSA) is 44.8 Å². The summed E-state index contributed by atoms with van der Waals surface area (Å²) in [5.41, 5.74) is 1.47. The van der Waals surface area contributed by atoms with Gasteiger partial charge in [0.25, 0.3) is 0 Å². The first kappa shape index (κ1) is 18.0. The van der Waals surface area contributed by atoms with Gasteiger partial charge in [-0.3, -0.25) is 0 Å². The molecule has 0 aliphatic carbocycles. The Kier molecular flexibility index (Phi) is 6.13. The first-order chi connectivity index (χ1) is 12.2. The Hall–Kier alpha value is -1.82. The average Bonchev–Trinajstić information content (AvgIpc) is 3.13. The summed E-state index contributed by atoms with van der Waals surface area (Å²) in [6.07, 6.45) is 4.48. The molecule has 3 rings (SSSR count). The molecule has 138 valence electrons. The van der Waals surface area contributed by atoms with Crippen LogP contribution in [0, 0.1) is 11.7 Å². The van der Waals surface area contributed by atoms with Gasteiger partial charge in [-0.1, -0.05) is 0 Å². The Morgan fingerprint density at radius 3 is 2.84 bits per heavy atom. The van der Waals surface area contributed by atoms with Crippen molar-refractivity contribution in [1.29, 1.82) is 0 Å². The number of urea groups is 1. The van der Waals surface area contributed by atoms with Gasteiger partial charge in [0.2, 0.25) is 0 Å². The van der Waals surface area contributed by atoms with Crippen LogP contribution in [0.15, 0.2) is 18.2 Å². The van der Waals surface area contributed by atoms with Crippen LogP contribution in [-0.4, -0.2) is 50.3 Å². The zero-order chi connectivity index (χ0) is 17.6. The van der Waals surface area contributed by atoms with Gasteiger partial charge >= 0.3 is 6.03 Å². The molecule has 1 aromatic carbocycles. The molecule has 1 atom stereocenters. The van der Waals surface area contributed by atoms with Gasteiger partial charge in [0.15, 0.2) is 0 Å². The lowest BCUT2D eigenvalue weighted by atomic mass is 10.1. The van der Waals surface area contributed by atoms with E-state index in [-0.39, 0.29) is 11.8 Å². The highest BCUT2D eigenvalue weighted by Gasteiger charge is 2.23. The zero-order valence-corrected chi connectivity index (χ0v) is 15.0. The van der Waals surface area contributed by atoms with Crippen LogP contribution in [0.1, 0.15) is 32.6 Å². The summed E-state index contributed by atoms with van der Waals surface area (Å²) >= 11 is 0. The second-order valence-corrected chi connectivity index (χ2v) is 6.91. The van der Waals surface area contributed by atoms with Crippen molar-refractivity contribution < 1.29 is 13.9 Å². The minimum Gasteiger partial charge on any atom is -0.381 e. The summed E-state index contributed by atoms with van der Waals surface area (Å²) in [6.45, 7) is 6.65. The summed E-state index contributed by atoms with van der Waals surface area (Å²) in [7, 11) is 0. The smallest absolute Gasteiger partial charge is 0.321 e. The van der Waals surface area contributed by atoms with Gasteiger partial charge in [0.1, 0.15) is 5.82 Å². The molecule has 2 aliphatic heterocycles. The van der Waals surface area contributed by atoms with Gasteiger partial charge in [-0.15, -0.1) is 0 Å². The average molecular weight is 349 g/mol. The quantitative estimate of drug-likeness (QED) is 0.881. The van der Waals surface area contributed by atoms with Crippen LogP contribution >= 0.6 is 0 Å². The van der Waals surface area contributed by atoms with Crippen molar-refractivity contribution >= 4 is 17.4 Å². The molecule has 2 saturated heterocycles. The van der Waals surface area contributed by atoms with Crippen molar-refractivity contribution in [2.75, 3.05) is 49.6 Å². The van der Waals surface area contributed by atoms with Crippen LogP contribution in [0.2, 0.25) is 0 Å². The van der Waals surface area contributed by atoms with Crippen molar-refractivity contribution in [3.8, 4) is 0 Å². The van der Waals surface area contributed by atoms with E-state index in [4.69, 9.17) is 4.74 Å². The Labute approximate surface area is 149 Å². The fraction of sp³-hybridized carbons (Fsp3) is 0.632. The standard InChI is InChI=1S/C19H28FN3O2/c1-2-22(13-15-8-11-25-14-15)19(24)21-17-12-16(20)6-7-18(17)23-9-4-3-5-10-23/h6-7,12,15H,2-5,8-11,13-14H2,1H3,(H,21,24)/t15-/m1/s1. The number of ether oxygens (including phenoxy) is 1. The normalized spacial score (nSPS) is 20.6. The van der Waals surface area contributed by atoms with Crippen LogP contribution in [-0.2, 0) is 4.74 Å². The molecule has 0 aromatic heterocycles. The molecule has 2 fully saturated rings. The fourth-order valence-corrected chi connectivity index (χ4v) is 3.61. The summed E-state index contributed by atoms with van der Waals surface area (Å²) in [5.74, 6) is 0.0584. The molecule has 2 aliphatic rings. The summed E-state index contributed by atoms with van der Waals surface area (Å²) in [4.78, 5) is 16.7. The summed E-state index contributed by atoms with van der Waals surface area (Å²) in [6, 6.07) is 4.50. The molecule has 0 saturated carbocycles. The Morgan fingerprint density at radius 1 is 1.36 bits per heavy atom. The van der Waals surface area contributed by atoms with E-state index in [9.17, 15) is 9.18 Å². The van der Waals surface area contributed by atoms with Gasteiger partial charge in [0, 0.05) is 38.7 Å². The van der Waals surface area contributed by atoms with Crippen molar-refractivity contribution in [3.63, 3.8) is 0 Å². The van der Waals surface area contributed by atoms with Crippen LogP contribution < -0.4 is 10.2 Å². The van der Waals surface area contributed by atoms with E-state index in [0.717, 1.165) is 44.6 Å². The predicted octanol–water partition coefficient (Wildman–Crippen LogP) is 3.71. The molecule has 2 amide bonds. The van der Waals surface area contributed by atoms with E-state index in [1.54, 1.807) is 11.0 Å². The highest BCUT2D eigenvalue weighted by Crippen LogP contribution is 2.29. The number of piperidine rings is 1. The molecule has 0 radical (unpaired) electrons. The third kappa shape index (κ3) is 4.63. The van der Waals surface area contributed by atoms with E-state index in [2.05, 4.69) is 10.2 Å². The van der Waals surface area contributed by atoms with Crippen molar-refractivity contribution in [2.45, 2.75) is 32.6 Å². The Balaban J connectivity index is 1.71. The number of halogens is 1. The maximum absolute atomic E-state index is 13.8. The molecule has 0 bridgehead atoms. The number of carbonyl (C=O) groups excluding carboxylic acids is 1. The van der Waals surface area contributed by atoms with E-state index in [1.807, 2.05) is 6.92 Å². The predicted molar refractivity (Wildman–Crippen MR) is 97.7 cm³/mol. The third-order valence-electron chi connectivity index (χ3n) is 5.07. The van der Waals surface area contributed by atoms with E-state index in [0.29, 0.717) is 31.3 Å². The van der Waals surface area contributed by atoms with E-state index >= 15 is 0 Å². The first-order valence-corrected chi connectivity index (χ1v) is 9.35. The largest absolute Gasteiger partial charge is 0.381 e. The van der Waals surface area contributed by atoms with Gasteiger partial charge in [0.05, 0.1) is 18.0 Å². The number of hydrogen-bond acceptors (Lipinski definition) is 3. The highest BCUT2D eigenvalue weighted by molar-refractivity contribution is 5.93. The molecule has 2 heterocycles. The van der Waals surface area contributed by atoms with E-state index in [1.165, 1.54) is 18.6 Å². The molecule has 0 spiro atoms. The van der Waals surface area contributed by atoms with Gasteiger partial charge in [-0.2, -0.15) is 0 Å².